The summed E-state index contributed by atoms with van der Waals surface area (Å²) >= 11 is 0. The molecular weight excluding hydrogens is 214 g/mol. The standard InChI is InChI=1S/C13H21N3O/c1-3-16(4-2)10-12(13(14)15-17)11-8-6-5-7-9-11/h5-9,12,17H,3-4,10H2,1-2H3,(H2,14,15). The minimum Gasteiger partial charge on any atom is -0.409 e. The zero-order chi connectivity index (χ0) is 12.7. The maximum Gasteiger partial charge on any atom is 0.147 e. The number of amidine groups is 1. The molecule has 1 rings (SSSR count). The molecule has 0 aromatic heterocycles. The van der Waals surface area contributed by atoms with Crippen LogP contribution in [0.25, 0.3) is 0 Å². The minimum atomic E-state index is -0.0545. The molecule has 0 amide bonds. The number of likely N-dealkylation sites (N-methyl/N-ethyl adjacent to an activating group) is 1. The molecule has 1 unspecified atom stereocenters. The Morgan fingerprint density at radius 1 is 1.29 bits per heavy atom. The first-order chi connectivity index (χ1) is 8.22. The van der Waals surface area contributed by atoms with Crippen LogP contribution in [0.1, 0.15) is 25.3 Å². The van der Waals surface area contributed by atoms with Crippen LogP contribution in [0.5, 0.6) is 0 Å². The van der Waals surface area contributed by atoms with Gasteiger partial charge >= 0.3 is 0 Å². The van der Waals surface area contributed by atoms with Crippen molar-refractivity contribution >= 4 is 5.84 Å². The Morgan fingerprint density at radius 2 is 1.88 bits per heavy atom. The Morgan fingerprint density at radius 3 is 2.35 bits per heavy atom. The number of oxime groups is 1. The molecule has 4 heteroatoms. The fourth-order valence-electron chi connectivity index (χ4n) is 1.86. The second kappa shape index (κ2) is 6.91. The van der Waals surface area contributed by atoms with Crippen LogP contribution < -0.4 is 5.73 Å². The van der Waals surface area contributed by atoms with Gasteiger partial charge in [-0.15, -0.1) is 0 Å². The van der Waals surface area contributed by atoms with Gasteiger partial charge in [-0.2, -0.15) is 0 Å². The number of nitrogens with zero attached hydrogens (tertiary/aromatic N) is 2. The van der Waals surface area contributed by atoms with E-state index in [1.807, 2.05) is 30.3 Å². The lowest BCUT2D eigenvalue weighted by Gasteiger charge is -2.24. The van der Waals surface area contributed by atoms with E-state index in [-0.39, 0.29) is 11.8 Å². The predicted octanol–water partition coefficient (Wildman–Crippen LogP) is 1.86. The molecule has 94 valence electrons. The summed E-state index contributed by atoms with van der Waals surface area (Å²) in [7, 11) is 0. The van der Waals surface area contributed by atoms with Gasteiger partial charge in [0, 0.05) is 6.54 Å². The molecule has 0 aliphatic carbocycles. The smallest absolute Gasteiger partial charge is 0.147 e. The number of rotatable bonds is 6. The second-order valence-electron chi connectivity index (χ2n) is 3.97. The van der Waals surface area contributed by atoms with Gasteiger partial charge in [0.25, 0.3) is 0 Å². The van der Waals surface area contributed by atoms with E-state index in [2.05, 4.69) is 23.9 Å². The van der Waals surface area contributed by atoms with E-state index in [0.717, 1.165) is 25.2 Å². The third kappa shape index (κ3) is 3.75. The highest BCUT2D eigenvalue weighted by Gasteiger charge is 2.18. The molecule has 0 spiro atoms. The highest BCUT2D eigenvalue weighted by Crippen LogP contribution is 2.17. The maximum atomic E-state index is 8.87. The van der Waals surface area contributed by atoms with Crippen LogP contribution in [0.4, 0.5) is 0 Å². The SMILES string of the molecule is CCN(CC)CC(C(N)=NO)c1ccccc1. The van der Waals surface area contributed by atoms with Crippen molar-refractivity contribution in [2.75, 3.05) is 19.6 Å². The Labute approximate surface area is 103 Å². The van der Waals surface area contributed by atoms with E-state index in [1.54, 1.807) is 0 Å². The lowest BCUT2D eigenvalue weighted by molar-refractivity contribution is 0.290. The third-order valence-corrected chi connectivity index (χ3v) is 3.01. The molecule has 17 heavy (non-hydrogen) atoms. The van der Waals surface area contributed by atoms with Crippen molar-refractivity contribution in [3.8, 4) is 0 Å². The summed E-state index contributed by atoms with van der Waals surface area (Å²) in [4.78, 5) is 2.26. The summed E-state index contributed by atoms with van der Waals surface area (Å²) in [6.45, 7) is 6.90. The molecule has 0 saturated carbocycles. The van der Waals surface area contributed by atoms with Crippen molar-refractivity contribution in [2.24, 2.45) is 10.9 Å². The average Bonchev–Trinajstić information content (AvgIpc) is 2.40. The summed E-state index contributed by atoms with van der Waals surface area (Å²) in [6, 6.07) is 9.91. The molecule has 1 atom stereocenters. The zero-order valence-electron chi connectivity index (χ0n) is 10.5. The molecule has 0 saturated heterocycles. The maximum absolute atomic E-state index is 8.87. The highest BCUT2D eigenvalue weighted by atomic mass is 16.4. The van der Waals surface area contributed by atoms with Gasteiger partial charge in [-0.1, -0.05) is 49.3 Å². The van der Waals surface area contributed by atoms with Crippen LogP contribution in [-0.4, -0.2) is 35.6 Å². The van der Waals surface area contributed by atoms with Gasteiger partial charge in [-0.25, -0.2) is 0 Å². The van der Waals surface area contributed by atoms with Crippen molar-refractivity contribution in [1.82, 2.24) is 4.90 Å². The van der Waals surface area contributed by atoms with Crippen molar-refractivity contribution in [1.29, 1.82) is 0 Å². The average molecular weight is 235 g/mol. The molecule has 0 radical (unpaired) electrons. The first-order valence-electron chi connectivity index (χ1n) is 5.97. The molecule has 0 aliphatic heterocycles. The summed E-state index contributed by atoms with van der Waals surface area (Å²) in [6.07, 6.45) is 0. The third-order valence-electron chi connectivity index (χ3n) is 3.01. The van der Waals surface area contributed by atoms with Gasteiger partial charge in [0.05, 0.1) is 5.92 Å². The van der Waals surface area contributed by atoms with Gasteiger partial charge < -0.3 is 15.8 Å². The molecule has 3 N–H and O–H groups in total. The van der Waals surface area contributed by atoms with Crippen LogP contribution in [0, 0.1) is 0 Å². The van der Waals surface area contributed by atoms with Crippen LogP contribution >= 0.6 is 0 Å². The molecule has 0 heterocycles. The monoisotopic (exact) mass is 235 g/mol. The summed E-state index contributed by atoms with van der Waals surface area (Å²) in [5.74, 6) is 0.212. The van der Waals surface area contributed by atoms with E-state index < -0.39 is 0 Å². The topological polar surface area (TPSA) is 61.8 Å². The molecule has 0 fully saturated rings. The fourth-order valence-corrected chi connectivity index (χ4v) is 1.86. The zero-order valence-corrected chi connectivity index (χ0v) is 10.5. The van der Waals surface area contributed by atoms with Crippen LogP contribution in [0.3, 0.4) is 0 Å². The van der Waals surface area contributed by atoms with Gasteiger partial charge in [0.1, 0.15) is 5.84 Å². The largest absolute Gasteiger partial charge is 0.409 e. The first kappa shape index (κ1) is 13.5. The molecule has 0 bridgehead atoms. The van der Waals surface area contributed by atoms with E-state index in [9.17, 15) is 0 Å². The molecule has 1 aromatic carbocycles. The van der Waals surface area contributed by atoms with Crippen LogP contribution in [0.2, 0.25) is 0 Å². The molecule has 4 nitrogen and oxygen atoms in total. The Hall–Kier alpha value is -1.55. The van der Waals surface area contributed by atoms with Crippen molar-refractivity contribution in [3.63, 3.8) is 0 Å². The number of hydrogen-bond acceptors (Lipinski definition) is 3. The quantitative estimate of drug-likeness (QED) is 0.342. The number of nitrogens with two attached hydrogens (primary N) is 1. The minimum absolute atomic E-state index is 0.0545. The fraction of sp³-hybridized carbons (Fsp3) is 0.462. The molecular formula is C13H21N3O. The highest BCUT2D eigenvalue weighted by molar-refractivity contribution is 5.87. The van der Waals surface area contributed by atoms with Gasteiger partial charge in [-0.05, 0) is 18.7 Å². The lowest BCUT2D eigenvalue weighted by atomic mass is 9.97. The second-order valence-corrected chi connectivity index (χ2v) is 3.97. The summed E-state index contributed by atoms with van der Waals surface area (Å²) in [5, 5.41) is 12.0. The summed E-state index contributed by atoms with van der Waals surface area (Å²) < 4.78 is 0. The Bertz CT molecular complexity index is 347. The lowest BCUT2D eigenvalue weighted by Crippen LogP contribution is -2.35. The van der Waals surface area contributed by atoms with Crippen LogP contribution in [0.15, 0.2) is 35.5 Å². The van der Waals surface area contributed by atoms with Gasteiger partial charge in [0.15, 0.2) is 0 Å². The first-order valence-corrected chi connectivity index (χ1v) is 5.97. The number of hydrogen-bond donors (Lipinski definition) is 2. The van der Waals surface area contributed by atoms with Gasteiger partial charge in [-0.3, -0.25) is 0 Å². The molecule has 0 aliphatic rings. The van der Waals surface area contributed by atoms with Gasteiger partial charge in [0.2, 0.25) is 0 Å². The van der Waals surface area contributed by atoms with E-state index in [4.69, 9.17) is 10.9 Å². The number of benzene rings is 1. The Balaban J connectivity index is 2.89. The molecule has 1 aromatic rings. The van der Waals surface area contributed by atoms with E-state index in [0.29, 0.717) is 0 Å². The van der Waals surface area contributed by atoms with Crippen molar-refractivity contribution < 1.29 is 5.21 Å². The predicted molar refractivity (Wildman–Crippen MR) is 70.4 cm³/mol. The summed E-state index contributed by atoms with van der Waals surface area (Å²) in [5.41, 5.74) is 6.86. The van der Waals surface area contributed by atoms with E-state index >= 15 is 0 Å². The van der Waals surface area contributed by atoms with Crippen molar-refractivity contribution in [2.45, 2.75) is 19.8 Å². The van der Waals surface area contributed by atoms with E-state index in [1.165, 1.54) is 0 Å². The normalized spacial score (nSPS) is 13.9. The van der Waals surface area contributed by atoms with Crippen LogP contribution in [-0.2, 0) is 0 Å². The Kier molecular flexibility index (Phi) is 5.49. The van der Waals surface area contributed by atoms with Crippen molar-refractivity contribution in [3.05, 3.63) is 35.9 Å².